The summed E-state index contributed by atoms with van der Waals surface area (Å²) in [5, 5.41) is 0.929. The fraction of sp³-hybridized carbons (Fsp3) is 0.435. The topological polar surface area (TPSA) is 59.2 Å². The van der Waals surface area contributed by atoms with Gasteiger partial charge in [0.1, 0.15) is 11.5 Å². The van der Waals surface area contributed by atoms with Crippen molar-refractivity contribution in [2.45, 2.75) is 57.9 Å². The van der Waals surface area contributed by atoms with Crippen molar-refractivity contribution >= 4 is 16.8 Å². The number of amides is 1. The molecule has 1 saturated carbocycles. The Labute approximate surface area is 164 Å². The van der Waals surface area contributed by atoms with E-state index in [1.54, 1.807) is 0 Å². The molecule has 2 aromatic heterocycles. The molecule has 1 aliphatic carbocycles. The van der Waals surface area contributed by atoms with Gasteiger partial charge < -0.3 is 9.32 Å². The molecule has 1 amide bonds. The van der Waals surface area contributed by atoms with Gasteiger partial charge in [0.05, 0.1) is 17.6 Å². The monoisotopic (exact) mass is 375 g/mol. The van der Waals surface area contributed by atoms with E-state index in [4.69, 9.17) is 14.4 Å². The summed E-state index contributed by atoms with van der Waals surface area (Å²) in [5.41, 5.74) is 3.48. The van der Waals surface area contributed by atoms with Crippen LogP contribution in [0.3, 0.4) is 0 Å². The number of hydrogen-bond acceptors (Lipinski definition) is 4. The van der Waals surface area contributed by atoms with Crippen LogP contribution in [0, 0.1) is 0 Å². The van der Waals surface area contributed by atoms with Crippen LogP contribution in [0.1, 0.15) is 72.9 Å². The minimum atomic E-state index is -0.132. The van der Waals surface area contributed by atoms with E-state index in [2.05, 4.69) is 20.8 Å². The lowest BCUT2D eigenvalue weighted by molar-refractivity contribution is 0.0729. The number of carbonyl (C=O) groups excluding carboxylic acids is 1. The summed E-state index contributed by atoms with van der Waals surface area (Å²) in [7, 11) is 0. The summed E-state index contributed by atoms with van der Waals surface area (Å²) in [4.78, 5) is 24.8. The fourth-order valence-electron chi connectivity index (χ4n) is 3.82. The fourth-order valence-corrected chi connectivity index (χ4v) is 3.82. The molecule has 0 radical (unpaired) electrons. The lowest BCUT2D eigenvalue weighted by atomic mass is 9.97. The van der Waals surface area contributed by atoms with Crippen molar-refractivity contribution in [2.24, 2.45) is 0 Å². The van der Waals surface area contributed by atoms with Crippen molar-refractivity contribution in [3.05, 3.63) is 58.9 Å². The van der Waals surface area contributed by atoms with Gasteiger partial charge in [0, 0.05) is 35.4 Å². The van der Waals surface area contributed by atoms with E-state index in [0.29, 0.717) is 25.4 Å². The Morgan fingerprint density at radius 2 is 1.96 bits per heavy atom. The molecule has 0 atom stereocenters. The summed E-state index contributed by atoms with van der Waals surface area (Å²) in [6.45, 7) is 7.43. The van der Waals surface area contributed by atoms with E-state index in [9.17, 15) is 4.79 Å². The van der Waals surface area contributed by atoms with Gasteiger partial charge in [0.2, 0.25) is 0 Å². The Balaban J connectivity index is 1.50. The van der Waals surface area contributed by atoms with E-state index in [1.807, 2.05) is 35.2 Å². The Kier molecular flexibility index (Phi) is 3.83. The molecular weight excluding hydrogens is 350 g/mol. The molecule has 0 unspecified atom stereocenters. The average molecular weight is 375 g/mol. The molecule has 3 heterocycles. The summed E-state index contributed by atoms with van der Waals surface area (Å²) in [5.74, 6) is 2.24. The van der Waals surface area contributed by atoms with Crippen LogP contribution in [0.4, 0.5) is 0 Å². The zero-order valence-electron chi connectivity index (χ0n) is 16.7. The Hall–Kier alpha value is -2.69. The molecule has 2 aliphatic rings. The van der Waals surface area contributed by atoms with Gasteiger partial charge >= 0.3 is 0 Å². The maximum absolute atomic E-state index is 13.5. The molecule has 144 valence electrons. The number of rotatable bonds is 2. The van der Waals surface area contributed by atoms with Gasteiger partial charge in [-0.1, -0.05) is 39.0 Å². The summed E-state index contributed by atoms with van der Waals surface area (Å²) in [6, 6.07) is 9.96. The molecule has 5 heteroatoms. The lowest BCUT2D eigenvalue weighted by Crippen LogP contribution is -2.36. The number of benzene rings is 1. The maximum Gasteiger partial charge on any atom is 0.254 e. The third-order valence-corrected chi connectivity index (χ3v) is 5.62. The first-order valence-electron chi connectivity index (χ1n) is 10.1. The third-order valence-electron chi connectivity index (χ3n) is 5.62. The number of fused-ring (bicyclic) bond motifs is 2. The molecule has 0 spiro atoms. The summed E-state index contributed by atoms with van der Waals surface area (Å²) < 4.78 is 5.97. The highest BCUT2D eigenvalue weighted by Crippen LogP contribution is 2.40. The molecule has 0 saturated heterocycles. The molecule has 0 bridgehead atoms. The summed E-state index contributed by atoms with van der Waals surface area (Å²) in [6.07, 6.45) is 3.05. The Morgan fingerprint density at radius 1 is 1.18 bits per heavy atom. The lowest BCUT2D eigenvalue weighted by Gasteiger charge is -2.26. The number of para-hydroxylation sites is 1. The van der Waals surface area contributed by atoms with E-state index >= 15 is 0 Å². The second-order valence-electron chi connectivity index (χ2n) is 9.00. The number of oxazole rings is 1. The zero-order chi connectivity index (χ0) is 19.5. The minimum Gasteiger partial charge on any atom is -0.445 e. The second kappa shape index (κ2) is 6.16. The van der Waals surface area contributed by atoms with E-state index in [1.165, 1.54) is 12.8 Å². The van der Waals surface area contributed by atoms with E-state index in [0.717, 1.165) is 39.5 Å². The average Bonchev–Trinajstić information content (AvgIpc) is 3.43. The van der Waals surface area contributed by atoms with Crippen molar-refractivity contribution in [3.8, 4) is 0 Å². The highest BCUT2D eigenvalue weighted by Gasteiger charge is 2.31. The maximum atomic E-state index is 13.5. The van der Waals surface area contributed by atoms with Crippen LogP contribution in [0.25, 0.3) is 10.9 Å². The van der Waals surface area contributed by atoms with Crippen molar-refractivity contribution in [3.63, 3.8) is 0 Å². The first-order valence-corrected chi connectivity index (χ1v) is 10.1. The standard InChI is InChI=1S/C23H25N3O2/c1-23(2,3)22-25-19-13-26(11-10-20(19)28-22)21(27)16-12-18(14-8-9-14)24-17-7-5-4-6-15(16)17/h4-7,12,14H,8-11,13H2,1-3H3. The molecule has 5 rings (SSSR count). The molecular formula is C23H25N3O2. The molecule has 3 aromatic rings. The van der Waals surface area contributed by atoms with Crippen LogP contribution in [-0.2, 0) is 18.4 Å². The normalized spacial score (nSPS) is 17.0. The number of nitrogens with zero attached hydrogens (tertiary/aromatic N) is 3. The van der Waals surface area contributed by atoms with Crippen molar-refractivity contribution in [1.29, 1.82) is 0 Å². The molecule has 0 N–H and O–H groups in total. The Bertz CT molecular complexity index is 1070. The highest BCUT2D eigenvalue weighted by atomic mass is 16.4. The van der Waals surface area contributed by atoms with Crippen molar-refractivity contribution in [1.82, 2.24) is 14.9 Å². The van der Waals surface area contributed by atoms with Crippen LogP contribution in [0.2, 0.25) is 0 Å². The molecule has 1 fully saturated rings. The first kappa shape index (κ1) is 17.4. The predicted octanol–water partition coefficient (Wildman–Crippen LogP) is 4.60. The van der Waals surface area contributed by atoms with E-state index < -0.39 is 0 Å². The molecule has 1 aromatic carbocycles. The number of pyridine rings is 1. The molecule has 1 aliphatic heterocycles. The third kappa shape index (κ3) is 2.99. The quantitative estimate of drug-likeness (QED) is 0.657. The van der Waals surface area contributed by atoms with Crippen LogP contribution in [0.5, 0.6) is 0 Å². The first-order chi connectivity index (χ1) is 13.4. The molecule has 5 nitrogen and oxygen atoms in total. The van der Waals surface area contributed by atoms with Crippen molar-refractivity contribution < 1.29 is 9.21 Å². The van der Waals surface area contributed by atoms with Gasteiger partial charge in [-0.2, -0.15) is 0 Å². The van der Waals surface area contributed by atoms with Gasteiger partial charge in [0.25, 0.3) is 5.91 Å². The van der Waals surface area contributed by atoms with Crippen LogP contribution < -0.4 is 0 Å². The van der Waals surface area contributed by atoms with Gasteiger partial charge in [-0.05, 0) is 25.0 Å². The van der Waals surface area contributed by atoms with E-state index in [-0.39, 0.29) is 11.3 Å². The second-order valence-corrected chi connectivity index (χ2v) is 9.00. The van der Waals surface area contributed by atoms with Gasteiger partial charge in [-0.25, -0.2) is 4.98 Å². The number of aromatic nitrogens is 2. The SMILES string of the molecule is CC(C)(C)c1nc2c(o1)CCN(C(=O)c1cc(C3CC3)nc3ccccc13)C2. The summed E-state index contributed by atoms with van der Waals surface area (Å²) >= 11 is 0. The number of hydrogen-bond donors (Lipinski definition) is 0. The smallest absolute Gasteiger partial charge is 0.254 e. The van der Waals surface area contributed by atoms with Gasteiger partial charge in [-0.3, -0.25) is 9.78 Å². The van der Waals surface area contributed by atoms with Crippen molar-refractivity contribution in [2.75, 3.05) is 6.54 Å². The minimum absolute atomic E-state index is 0.0615. The molecule has 28 heavy (non-hydrogen) atoms. The van der Waals surface area contributed by atoms with Gasteiger partial charge in [0.15, 0.2) is 5.89 Å². The van der Waals surface area contributed by atoms with Crippen LogP contribution >= 0.6 is 0 Å². The highest BCUT2D eigenvalue weighted by molar-refractivity contribution is 6.06. The van der Waals surface area contributed by atoms with Crippen LogP contribution in [-0.4, -0.2) is 27.3 Å². The largest absolute Gasteiger partial charge is 0.445 e. The Morgan fingerprint density at radius 3 is 2.71 bits per heavy atom. The van der Waals surface area contributed by atoms with Gasteiger partial charge in [-0.15, -0.1) is 0 Å². The van der Waals surface area contributed by atoms with Crippen LogP contribution in [0.15, 0.2) is 34.7 Å². The zero-order valence-corrected chi connectivity index (χ0v) is 16.7. The predicted molar refractivity (Wildman–Crippen MR) is 107 cm³/mol. The number of carbonyl (C=O) groups is 1.